The Morgan fingerprint density at radius 3 is 2.42 bits per heavy atom. The van der Waals surface area contributed by atoms with Crippen molar-refractivity contribution in [2.45, 2.75) is 11.7 Å². The zero-order chi connectivity index (χ0) is 13.5. The van der Waals surface area contributed by atoms with Crippen molar-refractivity contribution in [1.82, 2.24) is 0 Å². The van der Waals surface area contributed by atoms with Crippen molar-refractivity contribution >= 4 is 59.7 Å². The molecule has 0 heterocycles. The molecular formula is C16H14ClISe. The van der Waals surface area contributed by atoms with Crippen molar-refractivity contribution in [2.24, 2.45) is 0 Å². The quantitative estimate of drug-likeness (QED) is 0.449. The first-order valence-electron chi connectivity index (χ1n) is 6.03. The van der Waals surface area contributed by atoms with Crippen LogP contribution in [0, 0.1) is 0 Å². The summed E-state index contributed by atoms with van der Waals surface area (Å²) in [6.07, 6.45) is 3.38. The number of rotatable bonds is 5. The molecule has 3 heteroatoms. The van der Waals surface area contributed by atoms with Gasteiger partial charge in [-0.2, -0.15) is 0 Å². The Bertz CT molecular complexity index is 534. The molecule has 2 aromatic rings. The molecule has 2 aromatic carbocycles. The van der Waals surface area contributed by atoms with E-state index < -0.39 is 0 Å². The molecule has 0 saturated carbocycles. The fourth-order valence-electron chi connectivity index (χ4n) is 1.60. The summed E-state index contributed by atoms with van der Waals surface area (Å²) in [5.41, 5.74) is 1.22. The van der Waals surface area contributed by atoms with Gasteiger partial charge in [0.1, 0.15) is 0 Å². The molecule has 0 aliphatic carbocycles. The topological polar surface area (TPSA) is 0 Å². The van der Waals surface area contributed by atoms with Crippen molar-refractivity contribution in [1.29, 1.82) is 0 Å². The van der Waals surface area contributed by atoms with E-state index in [1.54, 1.807) is 0 Å². The van der Waals surface area contributed by atoms with Crippen molar-refractivity contribution in [3.8, 4) is 0 Å². The molecule has 0 nitrogen and oxygen atoms in total. The monoisotopic (exact) mass is 448 g/mol. The van der Waals surface area contributed by atoms with Gasteiger partial charge in [-0.05, 0) is 0 Å². The molecule has 0 aliphatic heterocycles. The Morgan fingerprint density at radius 1 is 1.05 bits per heavy atom. The maximum absolute atomic E-state index is 5.88. The van der Waals surface area contributed by atoms with Crippen LogP contribution in [0.25, 0.3) is 6.08 Å². The van der Waals surface area contributed by atoms with E-state index in [1.807, 2.05) is 12.1 Å². The van der Waals surface area contributed by atoms with E-state index in [-0.39, 0.29) is 0 Å². The van der Waals surface area contributed by atoms with Gasteiger partial charge >= 0.3 is 140 Å². The van der Waals surface area contributed by atoms with Crippen LogP contribution in [0.3, 0.4) is 0 Å². The van der Waals surface area contributed by atoms with Crippen LogP contribution in [0.15, 0.2) is 58.2 Å². The summed E-state index contributed by atoms with van der Waals surface area (Å²) >= 11 is 8.89. The van der Waals surface area contributed by atoms with Crippen LogP contribution in [0.5, 0.6) is 0 Å². The zero-order valence-corrected chi connectivity index (χ0v) is 15.0. The van der Waals surface area contributed by atoms with Gasteiger partial charge in [0.25, 0.3) is 0 Å². The minimum atomic E-state index is 0.575. The summed E-state index contributed by atoms with van der Waals surface area (Å²) < 4.78 is 2.88. The van der Waals surface area contributed by atoms with Crippen molar-refractivity contribution in [3.63, 3.8) is 0 Å². The molecule has 98 valence electrons. The number of benzene rings is 2. The first-order chi connectivity index (χ1) is 9.24. The van der Waals surface area contributed by atoms with E-state index in [9.17, 15) is 0 Å². The predicted molar refractivity (Wildman–Crippen MR) is 94.7 cm³/mol. The van der Waals surface area contributed by atoms with Crippen LogP contribution in [0.1, 0.15) is 12.0 Å². The molecule has 0 radical (unpaired) electrons. The molecule has 0 amide bonds. The Hall–Kier alpha value is -0.281. The Kier molecular flexibility index (Phi) is 6.45. The average Bonchev–Trinajstić information content (AvgIpc) is 2.43. The molecular weight excluding hydrogens is 433 g/mol. The maximum atomic E-state index is 5.88. The van der Waals surface area contributed by atoms with E-state index >= 15 is 0 Å². The first kappa shape index (κ1) is 15.1. The van der Waals surface area contributed by atoms with E-state index in [4.69, 9.17) is 11.6 Å². The van der Waals surface area contributed by atoms with Gasteiger partial charge in [-0.25, -0.2) is 0 Å². The fourth-order valence-corrected chi connectivity index (χ4v) is 5.08. The van der Waals surface area contributed by atoms with Gasteiger partial charge in [0.15, 0.2) is 0 Å². The SMILES string of the molecule is Clc1ccc(/C=C(\I)CC[Se]c2ccccc2)cc1. The summed E-state index contributed by atoms with van der Waals surface area (Å²) in [4.78, 5) is 0. The number of hydrogen-bond acceptors (Lipinski definition) is 0. The Balaban J connectivity index is 1.84. The van der Waals surface area contributed by atoms with Crippen LogP contribution >= 0.6 is 34.2 Å². The third kappa shape index (κ3) is 5.70. The van der Waals surface area contributed by atoms with E-state index in [1.165, 1.54) is 18.9 Å². The summed E-state index contributed by atoms with van der Waals surface area (Å²) in [7, 11) is 0. The summed E-state index contributed by atoms with van der Waals surface area (Å²) in [5, 5.41) is 2.04. The summed E-state index contributed by atoms with van der Waals surface area (Å²) in [6, 6.07) is 18.7. The second-order valence-corrected chi connectivity index (χ2v) is 8.33. The van der Waals surface area contributed by atoms with Crippen molar-refractivity contribution in [3.05, 3.63) is 68.8 Å². The van der Waals surface area contributed by atoms with Gasteiger partial charge in [-0.1, -0.05) is 0 Å². The molecule has 2 rings (SSSR count). The fraction of sp³-hybridized carbons (Fsp3) is 0.125. The molecule has 0 fully saturated rings. The normalized spacial score (nSPS) is 11.6. The van der Waals surface area contributed by atoms with Gasteiger partial charge < -0.3 is 0 Å². The standard InChI is InChI=1S/C16H14ClISe/c17-14-8-6-13(7-9-14)12-15(18)10-11-19-16-4-2-1-3-5-16/h1-9,12H,10-11H2/b15-12-. The van der Waals surface area contributed by atoms with Crippen LogP contribution in [-0.4, -0.2) is 15.0 Å². The number of halogens is 2. The van der Waals surface area contributed by atoms with Crippen LogP contribution < -0.4 is 4.46 Å². The van der Waals surface area contributed by atoms with E-state index in [0.29, 0.717) is 15.0 Å². The van der Waals surface area contributed by atoms with E-state index in [2.05, 4.69) is 71.1 Å². The average molecular weight is 448 g/mol. The second-order valence-electron chi connectivity index (χ2n) is 4.05. The molecule has 19 heavy (non-hydrogen) atoms. The number of hydrogen-bond donors (Lipinski definition) is 0. The van der Waals surface area contributed by atoms with Gasteiger partial charge in [0.2, 0.25) is 0 Å². The zero-order valence-electron chi connectivity index (χ0n) is 10.4. The van der Waals surface area contributed by atoms with E-state index in [0.717, 1.165) is 11.4 Å². The molecule has 0 aromatic heterocycles. The molecule has 0 unspecified atom stereocenters. The molecule has 0 saturated heterocycles. The molecule has 0 aliphatic rings. The molecule has 0 N–H and O–H groups in total. The molecule has 0 atom stereocenters. The Morgan fingerprint density at radius 2 is 1.74 bits per heavy atom. The summed E-state index contributed by atoms with van der Waals surface area (Å²) in [6.45, 7) is 0. The van der Waals surface area contributed by atoms with Gasteiger partial charge in [-0.3, -0.25) is 0 Å². The van der Waals surface area contributed by atoms with Crippen molar-refractivity contribution < 1.29 is 0 Å². The van der Waals surface area contributed by atoms with Crippen LogP contribution in [0.4, 0.5) is 0 Å². The predicted octanol–water partition coefficient (Wildman–Crippen LogP) is 4.95. The van der Waals surface area contributed by atoms with Crippen LogP contribution in [-0.2, 0) is 0 Å². The third-order valence-electron chi connectivity index (χ3n) is 2.55. The Labute approximate surface area is 139 Å². The van der Waals surface area contributed by atoms with Crippen LogP contribution in [0.2, 0.25) is 10.3 Å². The van der Waals surface area contributed by atoms with Crippen molar-refractivity contribution in [2.75, 3.05) is 0 Å². The molecule has 0 bridgehead atoms. The first-order valence-corrected chi connectivity index (χ1v) is 9.56. The minimum absolute atomic E-state index is 0.575. The number of allylic oxidation sites excluding steroid dienone is 1. The van der Waals surface area contributed by atoms with Gasteiger partial charge in [0, 0.05) is 0 Å². The van der Waals surface area contributed by atoms with Gasteiger partial charge in [-0.15, -0.1) is 0 Å². The third-order valence-corrected chi connectivity index (χ3v) is 5.78. The summed E-state index contributed by atoms with van der Waals surface area (Å²) in [5.74, 6) is 0. The van der Waals surface area contributed by atoms with Gasteiger partial charge in [0.05, 0.1) is 0 Å². The molecule has 0 spiro atoms. The second kappa shape index (κ2) is 8.11.